The molecule has 4 heteroatoms. The van der Waals surface area contributed by atoms with Crippen LogP contribution in [0.2, 0.25) is 0 Å². The van der Waals surface area contributed by atoms with Gasteiger partial charge in [-0.3, -0.25) is 4.79 Å². The Morgan fingerprint density at radius 2 is 2.10 bits per heavy atom. The monoisotopic (exact) mass is 275 g/mol. The van der Waals surface area contributed by atoms with Crippen LogP contribution >= 0.6 is 0 Å². The number of fused-ring (bicyclic) bond motifs is 1. The third-order valence-corrected chi connectivity index (χ3v) is 3.15. The van der Waals surface area contributed by atoms with Crippen molar-refractivity contribution in [3.05, 3.63) is 30.5 Å². The van der Waals surface area contributed by atoms with Crippen molar-refractivity contribution in [1.82, 2.24) is 4.57 Å². The van der Waals surface area contributed by atoms with Crippen LogP contribution in [0.1, 0.15) is 26.7 Å². The molecule has 2 aromatic rings. The summed E-state index contributed by atoms with van der Waals surface area (Å²) < 4.78 is 12.8. The molecule has 2 rings (SSSR count). The molecule has 0 saturated carbocycles. The lowest BCUT2D eigenvalue weighted by atomic mass is 10.2. The molecule has 0 aliphatic rings. The molecule has 0 unspecified atom stereocenters. The van der Waals surface area contributed by atoms with Crippen molar-refractivity contribution in [1.29, 1.82) is 0 Å². The Morgan fingerprint density at radius 3 is 2.85 bits per heavy atom. The molecule has 0 radical (unpaired) electrons. The summed E-state index contributed by atoms with van der Waals surface area (Å²) in [7, 11) is 0. The zero-order chi connectivity index (χ0) is 14.4. The molecule has 0 aliphatic carbocycles. The van der Waals surface area contributed by atoms with Gasteiger partial charge in [0, 0.05) is 19.2 Å². The van der Waals surface area contributed by atoms with E-state index in [-0.39, 0.29) is 5.97 Å². The number of hydrogen-bond donors (Lipinski definition) is 0. The molecule has 0 atom stereocenters. The first-order valence-corrected chi connectivity index (χ1v) is 7.05. The maximum atomic E-state index is 10.8. The molecule has 1 heterocycles. The van der Waals surface area contributed by atoms with Crippen molar-refractivity contribution in [2.75, 3.05) is 13.2 Å². The SMILES string of the molecule is CCCCOc1ccc2ccn(CCOC(C)=O)c2c1. The Bertz CT molecular complexity index is 574. The number of benzene rings is 1. The van der Waals surface area contributed by atoms with E-state index in [4.69, 9.17) is 9.47 Å². The minimum absolute atomic E-state index is 0.245. The van der Waals surface area contributed by atoms with Crippen LogP contribution in [-0.4, -0.2) is 23.8 Å². The van der Waals surface area contributed by atoms with Gasteiger partial charge in [0.1, 0.15) is 12.4 Å². The van der Waals surface area contributed by atoms with Crippen molar-refractivity contribution in [2.24, 2.45) is 0 Å². The van der Waals surface area contributed by atoms with Crippen molar-refractivity contribution >= 4 is 16.9 Å². The molecule has 0 saturated heterocycles. The molecular formula is C16H21NO3. The highest BCUT2D eigenvalue weighted by Crippen LogP contribution is 2.22. The summed E-state index contributed by atoms with van der Waals surface area (Å²) in [6.45, 7) is 5.36. The van der Waals surface area contributed by atoms with Crippen LogP contribution in [0.4, 0.5) is 0 Å². The van der Waals surface area contributed by atoms with E-state index >= 15 is 0 Å². The van der Waals surface area contributed by atoms with Crippen molar-refractivity contribution < 1.29 is 14.3 Å². The van der Waals surface area contributed by atoms with E-state index in [2.05, 4.69) is 23.6 Å². The highest BCUT2D eigenvalue weighted by molar-refractivity contribution is 5.81. The largest absolute Gasteiger partial charge is 0.494 e. The Hall–Kier alpha value is -1.97. The molecule has 0 fully saturated rings. The first-order valence-electron chi connectivity index (χ1n) is 7.05. The molecule has 4 nitrogen and oxygen atoms in total. The quantitative estimate of drug-likeness (QED) is 0.574. The standard InChI is InChI=1S/C16H21NO3/c1-3-4-10-20-15-6-5-14-7-8-17(16(14)12-15)9-11-19-13(2)18/h5-8,12H,3-4,9-11H2,1-2H3. The summed E-state index contributed by atoms with van der Waals surface area (Å²) in [4.78, 5) is 10.8. The van der Waals surface area contributed by atoms with Gasteiger partial charge in [0.25, 0.3) is 0 Å². The van der Waals surface area contributed by atoms with Crippen LogP contribution in [0.15, 0.2) is 30.5 Å². The fraction of sp³-hybridized carbons (Fsp3) is 0.438. The number of carbonyl (C=O) groups excluding carboxylic acids is 1. The van der Waals surface area contributed by atoms with E-state index in [1.54, 1.807) is 0 Å². The topological polar surface area (TPSA) is 40.5 Å². The van der Waals surface area contributed by atoms with Gasteiger partial charge >= 0.3 is 5.97 Å². The zero-order valence-corrected chi connectivity index (χ0v) is 12.1. The van der Waals surface area contributed by atoms with Gasteiger partial charge < -0.3 is 14.0 Å². The summed E-state index contributed by atoms with van der Waals surface area (Å²) in [6.07, 6.45) is 4.19. The summed E-state index contributed by atoms with van der Waals surface area (Å²) in [6, 6.07) is 8.14. The highest BCUT2D eigenvalue weighted by atomic mass is 16.5. The van der Waals surface area contributed by atoms with Crippen LogP contribution in [-0.2, 0) is 16.1 Å². The number of aromatic nitrogens is 1. The number of rotatable bonds is 7. The van der Waals surface area contributed by atoms with E-state index in [0.717, 1.165) is 36.1 Å². The first kappa shape index (κ1) is 14.4. The molecule has 0 amide bonds. The second-order valence-electron chi connectivity index (χ2n) is 4.77. The number of carbonyl (C=O) groups is 1. The Kier molecular flexibility index (Phi) is 5.04. The van der Waals surface area contributed by atoms with Crippen LogP contribution in [0, 0.1) is 0 Å². The van der Waals surface area contributed by atoms with Gasteiger partial charge in [-0.25, -0.2) is 0 Å². The second-order valence-corrected chi connectivity index (χ2v) is 4.77. The molecule has 1 aromatic carbocycles. The van der Waals surface area contributed by atoms with Gasteiger partial charge in [0.15, 0.2) is 0 Å². The lowest BCUT2D eigenvalue weighted by Gasteiger charge is -2.08. The number of nitrogens with zero attached hydrogens (tertiary/aromatic N) is 1. The minimum atomic E-state index is -0.245. The summed E-state index contributed by atoms with van der Waals surface area (Å²) in [5, 5.41) is 1.16. The summed E-state index contributed by atoms with van der Waals surface area (Å²) >= 11 is 0. The van der Waals surface area contributed by atoms with E-state index in [1.807, 2.05) is 18.3 Å². The highest BCUT2D eigenvalue weighted by Gasteiger charge is 2.04. The van der Waals surface area contributed by atoms with E-state index in [0.29, 0.717) is 13.2 Å². The van der Waals surface area contributed by atoms with Gasteiger partial charge in [-0.1, -0.05) is 13.3 Å². The van der Waals surface area contributed by atoms with Crippen LogP contribution < -0.4 is 4.74 Å². The van der Waals surface area contributed by atoms with Crippen LogP contribution in [0.5, 0.6) is 5.75 Å². The normalized spacial score (nSPS) is 10.7. The van der Waals surface area contributed by atoms with Gasteiger partial charge in [-0.2, -0.15) is 0 Å². The molecule has 0 bridgehead atoms. The third kappa shape index (κ3) is 3.76. The Morgan fingerprint density at radius 1 is 1.25 bits per heavy atom. The predicted molar refractivity (Wildman–Crippen MR) is 79.0 cm³/mol. The first-order chi connectivity index (χ1) is 9.70. The van der Waals surface area contributed by atoms with Crippen molar-refractivity contribution in [3.63, 3.8) is 0 Å². The van der Waals surface area contributed by atoms with Crippen LogP contribution in [0.3, 0.4) is 0 Å². The predicted octanol–water partition coefficient (Wildman–Crippen LogP) is 3.38. The average Bonchev–Trinajstić information content (AvgIpc) is 2.82. The zero-order valence-electron chi connectivity index (χ0n) is 12.1. The number of ether oxygens (including phenoxy) is 2. The van der Waals surface area contributed by atoms with E-state index in [9.17, 15) is 4.79 Å². The molecule has 0 N–H and O–H groups in total. The van der Waals surface area contributed by atoms with E-state index < -0.39 is 0 Å². The maximum absolute atomic E-state index is 10.8. The van der Waals surface area contributed by atoms with E-state index in [1.165, 1.54) is 6.92 Å². The molecular weight excluding hydrogens is 254 g/mol. The Labute approximate surface area is 119 Å². The third-order valence-electron chi connectivity index (χ3n) is 3.15. The van der Waals surface area contributed by atoms with Crippen molar-refractivity contribution in [3.8, 4) is 5.75 Å². The number of esters is 1. The Balaban J connectivity index is 2.06. The van der Waals surface area contributed by atoms with Crippen LogP contribution in [0.25, 0.3) is 10.9 Å². The summed E-state index contributed by atoms with van der Waals surface area (Å²) in [5.74, 6) is 0.642. The van der Waals surface area contributed by atoms with Gasteiger partial charge in [-0.05, 0) is 30.0 Å². The lowest BCUT2D eigenvalue weighted by molar-refractivity contribution is -0.141. The number of unbranched alkanes of at least 4 members (excludes halogenated alkanes) is 1. The van der Waals surface area contributed by atoms with Gasteiger partial charge in [0.2, 0.25) is 0 Å². The summed E-state index contributed by atoms with van der Waals surface area (Å²) in [5.41, 5.74) is 1.10. The molecule has 20 heavy (non-hydrogen) atoms. The number of hydrogen-bond acceptors (Lipinski definition) is 3. The van der Waals surface area contributed by atoms with Gasteiger partial charge in [0.05, 0.1) is 18.7 Å². The fourth-order valence-corrected chi connectivity index (χ4v) is 2.07. The molecule has 0 aliphatic heterocycles. The fourth-order valence-electron chi connectivity index (χ4n) is 2.07. The minimum Gasteiger partial charge on any atom is -0.494 e. The van der Waals surface area contributed by atoms with Gasteiger partial charge in [-0.15, -0.1) is 0 Å². The molecule has 1 aromatic heterocycles. The lowest BCUT2D eigenvalue weighted by Crippen LogP contribution is -2.07. The average molecular weight is 275 g/mol. The smallest absolute Gasteiger partial charge is 0.302 e. The van der Waals surface area contributed by atoms with Crippen molar-refractivity contribution in [2.45, 2.75) is 33.2 Å². The molecule has 0 spiro atoms. The molecule has 108 valence electrons. The maximum Gasteiger partial charge on any atom is 0.302 e. The second kappa shape index (κ2) is 6.98.